The average molecular weight is 236 g/mol. The fourth-order valence-electron chi connectivity index (χ4n) is 1.86. The molecule has 1 unspecified atom stereocenters. The van der Waals surface area contributed by atoms with E-state index in [1.54, 1.807) is 7.11 Å². The molecule has 0 amide bonds. The molecule has 1 rings (SSSR count). The lowest BCUT2D eigenvalue weighted by Crippen LogP contribution is -2.20. The smallest absolute Gasteiger partial charge is 0.313 e. The van der Waals surface area contributed by atoms with Gasteiger partial charge in [0.15, 0.2) is 0 Å². The Morgan fingerprint density at radius 3 is 2.59 bits per heavy atom. The third-order valence-electron chi connectivity index (χ3n) is 2.66. The minimum Gasteiger partial charge on any atom is -0.497 e. The quantitative estimate of drug-likeness (QED) is 0.737. The van der Waals surface area contributed by atoms with E-state index < -0.39 is 0 Å². The van der Waals surface area contributed by atoms with E-state index in [9.17, 15) is 4.79 Å². The molecule has 94 valence electrons. The summed E-state index contributed by atoms with van der Waals surface area (Å²) >= 11 is 0. The van der Waals surface area contributed by atoms with Gasteiger partial charge in [-0.2, -0.15) is 0 Å². The zero-order chi connectivity index (χ0) is 12.8. The largest absolute Gasteiger partial charge is 0.497 e. The molecule has 1 aromatic carbocycles. The maximum Gasteiger partial charge on any atom is 0.313 e. The Bertz CT molecular complexity index is 371. The molecule has 3 heteroatoms. The molecule has 0 spiro atoms. The summed E-state index contributed by atoms with van der Waals surface area (Å²) in [5.41, 5.74) is 0.942. The van der Waals surface area contributed by atoms with Crippen LogP contribution in [0, 0.1) is 5.92 Å². The Kier molecular flexibility index (Phi) is 5.01. The van der Waals surface area contributed by atoms with E-state index in [2.05, 4.69) is 0 Å². The maximum atomic E-state index is 11.9. The summed E-state index contributed by atoms with van der Waals surface area (Å²) in [7, 11) is 1.62. The highest BCUT2D eigenvalue weighted by Gasteiger charge is 2.25. The van der Waals surface area contributed by atoms with Gasteiger partial charge in [0.25, 0.3) is 0 Å². The van der Waals surface area contributed by atoms with Crippen LogP contribution < -0.4 is 4.74 Å². The highest BCUT2D eigenvalue weighted by molar-refractivity contribution is 5.78. The number of benzene rings is 1. The molecule has 0 radical (unpaired) electrons. The van der Waals surface area contributed by atoms with Crippen molar-refractivity contribution in [2.45, 2.75) is 26.7 Å². The zero-order valence-corrected chi connectivity index (χ0v) is 10.9. The highest BCUT2D eigenvalue weighted by Crippen LogP contribution is 2.28. The summed E-state index contributed by atoms with van der Waals surface area (Å²) in [6.07, 6.45) is 0. The number of rotatable bonds is 5. The number of esters is 1. The van der Waals surface area contributed by atoms with Crippen LogP contribution in [0.4, 0.5) is 0 Å². The summed E-state index contributed by atoms with van der Waals surface area (Å²) in [5.74, 6) is 0.555. The number of ether oxygens (including phenoxy) is 2. The predicted octanol–water partition coefficient (Wildman–Crippen LogP) is 3.00. The van der Waals surface area contributed by atoms with Crippen molar-refractivity contribution < 1.29 is 14.3 Å². The molecular formula is C14H20O3. The number of hydrogen-bond donors (Lipinski definition) is 0. The first-order valence-corrected chi connectivity index (χ1v) is 5.90. The second kappa shape index (κ2) is 6.28. The van der Waals surface area contributed by atoms with E-state index in [0.717, 1.165) is 11.3 Å². The van der Waals surface area contributed by atoms with E-state index >= 15 is 0 Å². The van der Waals surface area contributed by atoms with Gasteiger partial charge in [-0.25, -0.2) is 0 Å². The molecule has 0 heterocycles. The van der Waals surface area contributed by atoms with Crippen LogP contribution in [0.2, 0.25) is 0 Å². The SMILES string of the molecule is CCOC(=O)C(c1cccc(OC)c1)C(C)C. The third kappa shape index (κ3) is 3.48. The van der Waals surface area contributed by atoms with Gasteiger partial charge in [-0.05, 0) is 30.5 Å². The molecule has 1 atom stereocenters. The molecule has 0 saturated carbocycles. The van der Waals surface area contributed by atoms with Crippen LogP contribution in [-0.4, -0.2) is 19.7 Å². The Morgan fingerprint density at radius 1 is 1.35 bits per heavy atom. The molecule has 1 aromatic rings. The zero-order valence-electron chi connectivity index (χ0n) is 10.9. The standard InChI is InChI=1S/C14H20O3/c1-5-17-14(15)13(10(2)3)11-7-6-8-12(9-11)16-4/h6-10,13H,5H2,1-4H3. The molecule has 0 saturated heterocycles. The molecule has 0 fully saturated rings. The second-order valence-corrected chi connectivity index (χ2v) is 4.25. The van der Waals surface area contributed by atoms with Crippen molar-refractivity contribution in [1.82, 2.24) is 0 Å². The second-order valence-electron chi connectivity index (χ2n) is 4.25. The van der Waals surface area contributed by atoms with E-state index in [0.29, 0.717) is 6.61 Å². The van der Waals surface area contributed by atoms with Crippen molar-refractivity contribution in [3.63, 3.8) is 0 Å². The van der Waals surface area contributed by atoms with Gasteiger partial charge < -0.3 is 9.47 Å². The third-order valence-corrected chi connectivity index (χ3v) is 2.66. The number of hydrogen-bond acceptors (Lipinski definition) is 3. The maximum absolute atomic E-state index is 11.9. The van der Waals surface area contributed by atoms with Crippen LogP contribution in [-0.2, 0) is 9.53 Å². The van der Waals surface area contributed by atoms with E-state index in [1.165, 1.54) is 0 Å². The summed E-state index contributed by atoms with van der Waals surface area (Å²) in [6, 6.07) is 7.58. The number of methoxy groups -OCH3 is 1. The summed E-state index contributed by atoms with van der Waals surface area (Å²) in [5, 5.41) is 0. The van der Waals surface area contributed by atoms with Gasteiger partial charge in [-0.3, -0.25) is 4.79 Å². The molecule has 3 nitrogen and oxygen atoms in total. The molecule has 0 bridgehead atoms. The minimum atomic E-state index is -0.231. The van der Waals surface area contributed by atoms with Gasteiger partial charge in [0, 0.05) is 0 Å². The van der Waals surface area contributed by atoms with Crippen molar-refractivity contribution >= 4 is 5.97 Å². The van der Waals surface area contributed by atoms with Gasteiger partial charge in [0.05, 0.1) is 19.6 Å². The molecule has 0 aliphatic rings. The first kappa shape index (κ1) is 13.6. The van der Waals surface area contributed by atoms with E-state index in [-0.39, 0.29) is 17.8 Å². The summed E-state index contributed by atoms with van der Waals surface area (Å²) in [6.45, 7) is 6.26. The van der Waals surface area contributed by atoms with Gasteiger partial charge in [-0.15, -0.1) is 0 Å². The first-order chi connectivity index (χ1) is 8.10. The van der Waals surface area contributed by atoms with Gasteiger partial charge in [0.2, 0.25) is 0 Å². The lowest BCUT2D eigenvalue weighted by molar-refractivity contribution is -0.146. The molecular weight excluding hydrogens is 216 g/mol. The van der Waals surface area contributed by atoms with Crippen molar-refractivity contribution in [2.24, 2.45) is 5.92 Å². The van der Waals surface area contributed by atoms with Crippen LogP contribution in [0.5, 0.6) is 5.75 Å². The predicted molar refractivity (Wildman–Crippen MR) is 67.2 cm³/mol. The minimum absolute atomic E-state index is 0.171. The van der Waals surface area contributed by atoms with Crippen LogP contribution in [0.25, 0.3) is 0 Å². The van der Waals surface area contributed by atoms with Crippen LogP contribution in [0.15, 0.2) is 24.3 Å². The van der Waals surface area contributed by atoms with Crippen molar-refractivity contribution in [1.29, 1.82) is 0 Å². The van der Waals surface area contributed by atoms with Crippen LogP contribution in [0.3, 0.4) is 0 Å². The molecule has 0 aromatic heterocycles. The summed E-state index contributed by atoms with van der Waals surface area (Å²) < 4.78 is 10.3. The highest BCUT2D eigenvalue weighted by atomic mass is 16.5. The van der Waals surface area contributed by atoms with Crippen molar-refractivity contribution in [3.8, 4) is 5.75 Å². The van der Waals surface area contributed by atoms with E-state index in [4.69, 9.17) is 9.47 Å². The van der Waals surface area contributed by atoms with Crippen molar-refractivity contribution in [2.75, 3.05) is 13.7 Å². The fraction of sp³-hybridized carbons (Fsp3) is 0.500. The van der Waals surface area contributed by atoms with Crippen LogP contribution in [0.1, 0.15) is 32.3 Å². The normalized spacial score (nSPS) is 12.3. The van der Waals surface area contributed by atoms with Crippen molar-refractivity contribution in [3.05, 3.63) is 29.8 Å². The Labute approximate surface area is 103 Å². The Hall–Kier alpha value is -1.51. The molecule has 17 heavy (non-hydrogen) atoms. The monoisotopic (exact) mass is 236 g/mol. The number of carbonyl (C=O) groups is 1. The molecule has 0 aliphatic heterocycles. The number of carbonyl (C=O) groups excluding carboxylic acids is 1. The molecule has 0 aliphatic carbocycles. The summed E-state index contributed by atoms with van der Waals surface area (Å²) in [4.78, 5) is 11.9. The van der Waals surface area contributed by atoms with Gasteiger partial charge >= 0.3 is 5.97 Å². The fourth-order valence-corrected chi connectivity index (χ4v) is 1.86. The lowest BCUT2D eigenvalue weighted by Gasteiger charge is -2.19. The average Bonchev–Trinajstić information content (AvgIpc) is 2.29. The lowest BCUT2D eigenvalue weighted by atomic mass is 9.88. The topological polar surface area (TPSA) is 35.5 Å². The first-order valence-electron chi connectivity index (χ1n) is 5.90. The Balaban J connectivity index is 3.00. The molecule has 0 N–H and O–H groups in total. The Morgan fingerprint density at radius 2 is 2.06 bits per heavy atom. The van der Waals surface area contributed by atoms with Gasteiger partial charge in [0.1, 0.15) is 5.75 Å². The van der Waals surface area contributed by atoms with Crippen LogP contribution >= 0.6 is 0 Å². The van der Waals surface area contributed by atoms with Gasteiger partial charge in [-0.1, -0.05) is 26.0 Å². The van der Waals surface area contributed by atoms with E-state index in [1.807, 2.05) is 45.0 Å².